The summed E-state index contributed by atoms with van der Waals surface area (Å²) in [5.41, 5.74) is 18.4. The monoisotopic (exact) mass is 836 g/mol. The zero-order valence-corrected chi connectivity index (χ0v) is 36.7. The lowest BCUT2D eigenvalue weighted by atomic mass is 9.66. The lowest BCUT2D eigenvalue weighted by Gasteiger charge is -2.39. The van der Waals surface area contributed by atoms with Crippen molar-refractivity contribution in [2.45, 2.75) is 37.5 Å². The Kier molecular flexibility index (Phi) is 10.0. The van der Waals surface area contributed by atoms with Crippen molar-refractivity contribution >= 4 is 34.1 Å². The van der Waals surface area contributed by atoms with Crippen molar-refractivity contribution < 1.29 is 0 Å². The van der Waals surface area contributed by atoms with Crippen molar-refractivity contribution in [1.29, 1.82) is 0 Å². The van der Waals surface area contributed by atoms with E-state index >= 15 is 0 Å². The Morgan fingerprint density at radius 1 is 0.277 bits per heavy atom. The maximum Gasteiger partial charge on any atom is 0.0467 e. The first-order valence-corrected chi connectivity index (χ1v) is 23.5. The molecule has 0 aliphatic heterocycles. The molecule has 2 heteroatoms. The van der Waals surface area contributed by atoms with Gasteiger partial charge in [0.25, 0.3) is 0 Å². The van der Waals surface area contributed by atoms with E-state index in [-0.39, 0.29) is 0 Å². The highest BCUT2D eigenvalue weighted by atomic mass is 15.1. The van der Waals surface area contributed by atoms with E-state index in [9.17, 15) is 0 Å². The molecule has 65 heavy (non-hydrogen) atoms. The van der Waals surface area contributed by atoms with Crippen molar-refractivity contribution in [2.75, 3.05) is 9.80 Å². The molecule has 2 nitrogen and oxygen atoms in total. The van der Waals surface area contributed by atoms with Crippen LogP contribution in [-0.4, -0.2) is 0 Å². The predicted octanol–water partition coefficient (Wildman–Crippen LogP) is 17.4. The van der Waals surface area contributed by atoms with Gasteiger partial charge in [-0.05, 0) is 178 Å². The summed E-state index contributed by atoms with van der Waals surface area (Å²) < 4.78 is 0. The molecule has 0 saturated heterocycles. The Bertz CT molecular complexity index is 2930. The third-order valence-electron chi connectivity index (χ3n) is 14.9. The SMILES string of the molecule is c1ccc(-c2ccc(N(c3ccc(-c4ccccc4)cc3)c3ccc(-c4ccc(N(c5ccc(C67CC8CC(C6)C(C8)C7)cc5)c5cccc(-c6ccccc6)c5)cc4)cc3)cc2)cc1. The van der Waals surface area contributed by atoms with Crippen molar-refractivity contribution in [3.05, 3.63) is 242 Å². The van der Waals surface area contributed by atoms with Crippen LogP contribution in [0.15, 0.2) is 237 Å². The minimum atomic E-state index is 0.390. The zero-order valence-electron chi connectivity index (χ0n) is 36.7. The summed E-state index contributed by atoms with van der Waals surface area (Å²) in [4.78, 5) is 4.78. The van der Waals surface area contributed by atoms with Gasteiger partial charge < -0.3 is 9.80 Å². The van der Waals surface area contributed by atoms with E-state index < -0.39 is 0 Å². The van der Waals surface area contributed by atoms with Gasteiger partial charge in [0.05, 0.1) is 0 Å². The minimum absolute atomic E-state index is 0.390. The fraction of sp³-hybridized carbons (Fsp3) is 0.143. The zero-order chi connectivity index (χ0) is 43.2. The van der Waals surface area contributed by atoms with E-state index in [1.165, 1.54) is 82.3 Å². The van der Waals surface area contributed by atoms with E-state index in [4.69, 9.17) is 0 Å². The normalized spacial score (nSPS) is 19.3. The van der Waals surface area contributed by atoms with Gasteiger partial charge in [-0.25, -0.2) is 0 Å². The van der Waals surface area contributed by atoms with E-state index in [1.54, 1.807) is 5.56 Å². The van der Waals surface area contributed by atoms with Crippen LogP contribution in [0.1, 0.15) is 37.7 Å². The summed E-state index contributed by atoms with van der Waals surface area (Å²) in [5, 5.41) is 0. The van der Waals surface area contributed by atoms with E-state index in [2.05, 4.69) is 246 Å². The summed E-state index contributed by atoms with van der Waals surface area (Å²) in [5.74, 6) is 2.84. The molecule has 0 heterocycles. The van der Waals surface area contributed by atoms with E-state index in [0.717, 1.165) is 46.2 Å². The van der Waals surface area contributed by atoms with Crippen LogP contribution in [0.5, 0.6) is 0 Å². The maximum absolute atomic E-state index is 2.46. The first kappa shape index (κ1) is 39.2. The molecule has 13 rings (SSSR count). The van der Waals surface area contributed by atoms with Crippen molar-refractivity contribution in [2.24, 2.45) is 17.8 Å². The highest BCUT2D eigenvalue weighted by Crippen LogP contribution is 2.64. The molecule has 9 aromatic carbocycles. The number of anilines is 6. The topological polar surface area (TPSA) is 6.48 Å². The molecule has 0 aromatic heterocycles. The summed E-state index contributed by atoms with van der Waals surface area (Å²) in [6.45, 7) is 0. The molecule has 2 atom stereocenters. The number of rotatable bonds is 11. The first-order chi connectivity index (χ1) is 32.1. The van der Waals surface area contributed by atoms with Crippen LogP contribution in [0.25, 0.3) is 44.5 Å². The molecule has 0 spiro atoms. The average molecular weight is 837 g/mol. The highest BCUT2D eigenvalue weighted by Gasteiger charge is 2.56. The van der Waals surface area contributed by atoms with Gasteiger partial charge in [-0.1, -0.05) is 164 Å². The van der Waals surface area contributed by atoms with Crippen LogP contribution in [0, 0.1) is 17.8 Å². The second-order valence-corrected chi connectivity index (χ2v) is 18.8. The lowest BCUT2D eigenvalue weighted by molar-refractivity contribution is 0.229. The number of benzene rings is 9. The van der Waals surface area contributed by atoms with Crippen molar-refractivity contribution in [3.8, 4) is 44.5 Å². The predicted molar refractivity (Wildman–Crippen MR) is 273 cm³/mol. The average Bonchev–Trinajstić information content (AvgIpc) is 3.81. The molecule has 4 saturated carbocycles. The summed E-state index contributed by atoms with van der Waals surface area (Å²) in [6.07, 6.45) is 7.11. The minimum Gasteiger partial charge on any atom is -0.311 e. The van der Waals surface area contributed by atoms with Gasteiger partial charge in [0, 0.05) is 34.1 Å². The van der Waals surface area contributed by atoms with Crippen LogP contribution >= 0.6 is 0 Å². The van der Waals surface area contributed by atoms with Gasteiger partial charge in [-0.3, -0.25) is 0 Å². The Morgan fingerprint density at radius 3 is 0.985 bits per heavy atom. The molecule has 2 unspecified atom stereocenters. The third-order valence-corrected chi connectivity index (χ3v) is 14.9. The molecule has 0 N–H and O–H groups in total. The standard InChI is InChI=1S/C63H52N2/c1-4-11-46(12-5-1)49-19-29-57(30-20-49)64(58-31-21-50(22-32-58)47-13-6-2-7-14-47)59-33-23-51(24-34-59)52-25-35-60(36-26-52)65(62-18-10-17-53(41-62)48-15-8-3-9-16-48)61-37-27-56(28-38-61)63-42-45-39-54(43-63)55(40-45)44-63/h1-38,41,45,54-55H,39-40,42-44H2. The molecule has 4 bridgehead atoms. The summed E-state index contributed by atoms with van der Waals surface area (Å²) >= 11 is 0. The molecular formula is C63H52N2. The molecule has 314 valence electrons. The Balaban J connectivity index is 0.861. The summed E-state index contributed by atoms with van der Waals surface area (Å²) in [6, 6.07) is 86.6. The fourth-order valence-electron chi connectivity index (χ4n) is 12.0. The van der Waals surface area contributed by atoms with E-state index in [1.807, 2.05) is 0 Å². The van der Waals surface area contributed by atoms with Crippen LogP contribution in [0.4, 0.5) is 34.1 Å². The van der Waals surface area contributed by atoms with Crippen molar-refractivity contribution in [1.82, 2.24) is 0 Å². The largest absolute Gasteiger partial charge is 0.311 e. The first-order valence-electron chi connectivity index (χ1n) is 23.5. The molecule has 9 aromatic rings. The Hall–Kier alpha value is -7.42. The van der Waals surface area contributed by atoms with Gasteiger partial charge >= 0.3 is 0 Å². The van der Waals surface area contributed by atoms with Gasteiger partial charge in [0.1, 0.15) is 0 Å². The molecular weight excluding hydrogens is 785 g/mol. The Labute approximate surface area is 384 Å². The maximum atomic E-state index is 2.46. The molecule has 4 aliphatic carbocycles. The number of hydrogen-bond donors (Lipinski definition) is 0. The Morgan fingerprint density at radius 2 is 0.600 bits per heavy atom. The fourth-order valence-corrected chi connectivity index (χ4v) is 12.0. The second-order valence-electron chi connectivity index (χ2n) is 18.8. The van der Waals surface area contributed by atoms with E-state index in [0.29, 0.717) is 5.41 Å². The van der Waals surface area contributed by atoms with Gasteiger partial charge in [0.2, 0.25) is 0 Å². The van der Waals surface area contributed by atoms with Crippen LogP contribution in [-0.2, 0) is 5.41 Å². The molecule has 0 radical (unpaired) electrons. The van der Waals surface area contributed by atoms with Crippen molar-refractivity contribution in [3.63, 3.8) is 0 Å². The third kappa shape index (κ3) is 7.53. The summed E-state index contributed by atoms with van der Waals surface area (Å²) in [7, 11) is 0. The number of nitrogens with zero attached hydrogens (tertiary/aromatic N) is 2. The highest BCUT2D eigenvalue weighted by molar-refractivity contribution is 5.83. The lowest BCUT2D eigenvalue weighted by Crippen LogP contribution is -2.31. The van der Waals surface area contributed by atoms with Crippen LogP contribution < -0.4 is 9.80 Å². The smallest absolute Gasteiger partial charge is 0.0467 e. The van der Waals surface area contributed by atoms with Gasteiger partial charge in [0.15, 0.2) is 0 Å². The second kappa shape index (κ2) is 16.6. The molecule has 4 fully saturated rings. The molecule has 4 aliphatic rings. The molecule has 0 amide bonds. The van der Waals surface area contributed by atoms with Crippen LogP contribution in [0.2, 0.25) is 0 Å². The van der Waals surface area contributed by atoms with Crippen LogP contribution in [0.3, 0.4) is 0 Å². The van der Waals surface area contributed by atoms with Gasteiger partial charge in [-0.2, -0.15) is 0 Å². The number of hydrogen-bond acceptors (Lipinski definition) is 2. The van der Waals surface area contributed by atoms with Gasteiger partial charge in [-0.15, -0.1) is 0 Å². The quantitative estimate of drug-likeness (QED) is 0.128.